The number of nitrogens with one attached hydrogen (secondary N) is 1. The standard InChI is InChI=1S/C14H18N2O6S2.C10H12N2O3/c1-23-24-8-7-21-14(18)11-9-10(15)4-5-12(11)22-13(17)3-2-6-16(19)20;11-8-3-1-7(2-4-8)10(15)12-6-5-9(13)14/h4-5,9H,2-3,6-8,15H2,1H3;1-4H,5-6,11H2,(H,12,15)(H,13,14). The molecule has 0 aliphatic rings. The van der Waals surface area contributed by atoms with E-state index in [1.54, 1.807) is 45.9 Å². The molecular weight excluding hydrogens is 552 g/mol. The van der Waals surface area contributed by atoms with Crippen molar-refractivity contribution in [3.63, 3.8) is 0 Å². The average molecular weight is 583 g/mol. The highest BCUT2D eigenvalue weighted by Gasteiger charge is 2.18. The van der Waals surface area contributed by atoms with Crippen LogP contribution in [0.3, 0.4) is 0 Å². The van der Waals surface area contributed by atoms with Crippen LogP contribution < -0.4 is 21.5 Å². The molecule has 0 aliphatic carbocycles. The summed E-state index contributed by atoms with van der Waals surface area (Å²) in [6.45, 7) is 0.0206. The lowest BCUT2D eigenvalue weighted by Crippen LogP contribution is -2.25. The first-order valence-corrected chi connectivity index (χ1v) is 14.2. The first kappa shape index (κ1) is 33.0. The summed E-state index contributed by atoms with van der Waals surface area (Å²) in [6, 6.07) is 10.7. The third-order valence-electron chi connectivity index (χ3n) is 4.48. The Balaban J connectivity index is 0.000000434. The van der Waals surface area contributed by atoms with Gasteiger partial charge in [0.05, 0.1) is 12.8 Å². The highest BCUT2D eigenvalue weighted by molar-refractivity contribution is 8.76. The van der Waals surface area contributed by atoms with E-state index in [2.05, 4.69) is 5.32 Å². The van der Waals surface area contributed by atoms with Gasteiger partial charge in [0, 0.05) is 40.6 Å². The van der Waals surface area contributed by atoms with Gasteiger partial charge < -0.3 is 31.4 Å². The first-order valence-electron chi connectivity index (χ1n) is 11.4. The molecule has 39 heavy (non-hydrogen) atoms. The van der Waals surface area contributed by atoms with E-state index in [0.717, 1.165) is 0 Å². The van der Waals surface area contributed by atoms with Crippen molar-refractivity contribution in [1.29, 1.82) is 0 Å². The largest absolute Gasteiger partial charge is 0.481 e. The molecule has 6 N–H and O–H groups in total. The lowest BCUT2D eigenvalue weighted by atomic mass is 10.2. The Morgan fingerprint density at radius 1 is 1.05 bits per heavy atom. The molecule has 13 nitrogen and oxygen atoms in total. The Hall–Kier alpha value is -3.98. The monoisotopic (exact) mass is 582 g/mol. The predicted octanol–water partition coefficient (Wildman–Crippen LogP) is 2.87. The highest BCUT2D eigenvalue weighted by Crippen LogP contribution is 2.23. The number of nitrogens with zero attached hydrogens (tertiary/aromatic N) is 1. The molecule has 0 fully saturated rings. The molecule has 0 saturated carbocycles. The summed E-state index contributed by atoms with van der Waals surface area (Å²) in [6.07, 6.45) is 1.78. The van der Waals surface area contributed by atoms with Gasteiger partial charge in [-0.15, -0.1) is 0 Å². The van der Waals surface area contributed by atoms with Crippen molar-refractivity contribution in [1.82, 2.24) is 5.32 Å². The molecule has 0 aliphatic heterocycles. The van der Waals surface area contributed by atoms with E-state index in [4.69, 9.17) is 26.0 Å². The molecule has 0 aromatic heterocycles. The van der Waals surface area contributed by atoms with Gasteiger partial charge in [0.2, 0.25) is 6.54 Å². The lowest BCUT2D eigenvalue weighted by molar-refractivity contribution is -0.480. The fourth-order valence-electron chi connectivity index (χ4n) is 2.67. The molecule has 2 aromatic rings. The number of rotatable bonds is 14. The Morgan fingerprint density at radius 3 is 2.33 bits per heavy atom. The fraction of sp³-hybridized carbons (Fsp3) is 0.333. The second-order valence-electron chi connectivity index (χ2n) is 7.54. The van der Waals surface area contributed by atoms with Crippen molar-refractivity contribution in [2.24, 2.45) is 0 Å². The van der Waals surface area contributed by atoms with Crippen LogP contribution in [0, 0.1) is 10.1 Å². The molecule has 0 heterocycles. The number of carboxylic acid groups (broad SMARTS) is 1. The first-order chi connectivity index (χ1) is 18.5. The number of esters is 2. The molecule has 2 rings (SSSR count). The molecule has 1 amide bonds. The zero-order valence-electron chi connectivity index (χ0n) is 21.1. The van der Waals surface area contributed by atoms with E-state index < -0.39 is 22.8 Å². The van der Waals surface area contributed by atoms with Gasteiger partial charge in [-0.25, -0.2) is 4.79 Å². The number of benzene rings is 2. The van der Waals surface area contributed by atoms with Crippen molar-refractivity contribution in [2.75, 3.05) is 43.2 Å². The molecule has 0 spiro atoms. The van der Waals surface area contributed by atoms with Gasteiger partial charge in [-0.05, 0) is 48.7 Å². The maximum absolute atomic E-state index is 12.1. The van der Waals surface area contributed by atoms with Gasteiger partial charge in [-0.2, -0.15) is 0 Å². The average Bonchev–Trinajstić information content (AvgIpc) is 2.88. The number of hydrogen-bond acceptors (Lipinski definition) is 12. The molecular formula is C24H30N4O9S2. The van der Waals surface area contributed by atoms with E-state index in [0.29, 0.717) is 22.7 Å². The van der Waals surface area contributed by atoms with Crippen molar-refractivity contribution in [3.8, 4) is 5.75 Å². The molecule has 0 atom stereocenters. The summed E-state index contributed by atoms with van der Waals surface area (Å²) in [5.74, 6) is -1.88. The quantitative estimate of drug-likeness (QED) is 0.0480. The minimum Gasteiger partial charge on any atom is -0.481 e. The SMILES string of the molecule is CSSCCOC(=O)c1cc(N)ccc1OC(=O)CCC[N+](=O)[O-].Nc1ccc(C(=O)NCCC(=O)O)cc1. The third kappa shape index (κ3) is 14.5. The number of carbonyl (C=O) groups excluding carboxylic acids is 3. The van der Waals surface area contributed by atoms with Gasteiger partial charge in [-0.1, -0.05) is 21.6 Å². The number of anilines is 2. The highest BCUT2D eigenvalue weighted by atomic mass is 33.1. The number of nitrogen functional groups attached to an aromatic ring is 2. The Morgan fingerprint density at radius 2 is 1.72 bits per heavy atom. The number of carbonyl (C=O) groups is 4. The van der Waals surface area contributed by atoms with Crippen molar-refractivity contribution >= 4 is 56.8 Å². The number of hydrogen-bond donors (Lipinski definition) is 4. The third-order valence-corrected chi connectivity index (χ3v) is 6.26. The van der Waals surface area contributed by atoms with Crippen LogP contribution in [0.15, 0.2) is 42.5 Å². The summed E-state index contributed by atoms with van der Waals surface area (Å²) >= 11 is 0. The Bertz CT molecular complexity index is 1130. The van der Waals surface area contributed by atoms with Crippen LogP contribution in [-0.4, -0.2) is 65.5 Å². The van der Waals surface area contributed by atoms with E-state index in [9.17, 15) is 29.3 Å². The van der Waals surface area contributed by atoms with Crippen LogP contribution in [0.5, 0.6) is 5.75 Å². The molecule has 212 valence electrons. The topological polar surface area (TPSA) is 214 Å². The molecule has 2 aromatic carbocycles. The van der Waals surface area contributed by atoms with Crippen LogP contribution in [0.25, 0.3) is 0 Å². The summed E-state index contributed by atoms with van der Waals surface area (Å²) in [7, 11) is 3.11. The number of amides is 1. The van der Waals surface area contributed by atoms with Crippen LogP contribution in [0.1, 0.15) is 40.0 Å². The summed E-state index contributed by atoms with van der Waals surface area (Å²) < 4.78 is 10.2. The smallest absolute Gasteiger partial charge is 0.342 e. The summed E-state index contributed by atoms with van der Waals surface area (Å²) in [5, 5.41) is 21.1. The maximum Gasteiger partial charge on any atom is 0.342 e. The van der Waals surface area contributed by atoms with Crippen LogP contribution in [0.2, 0.25) is 0 Å². The maximum atomic E-state index is 12.1. The van der Waals surface area contributed by atoms with Crippen LogP contribution >= 0.6 is 21.6 Å². The van der Waals surface area contributed by atoms with Gasteiger partial charge in [0.15, 0.2) is 0 Å². The lowest BCUT2D eigenvalue weighted by Gasteiger charge is -2.10. The van der Waals surface area contributed by atoms with E-state index in [-0.39, 0.29) is 56.2 Å². The summed E-state index contributed by atoms with van der Waals surface area (Å²) in [5.41, 5.74) is 12.5. The molecule has 0 unspecified atom stereocenters. The van der Waals surface area contributed by atoms with E-state index in [1.807, 2.05) is 6.26 Å². The molecule has 0 radical (unpaired) electrons. The molecule has 15 heteroatoms. The van der Waals surface area contributed by atoms with E-state index in [1.165, 1.54) is 18.2 Å². The van der Waals surface area contributed by atoms with Gasteiger partial charge in [-0.3, -0.25) is 24.5 Å². The van der Waals surface area contributed by atoms with Crippen molar-refractivity contribution in [3.05, 3.63) is 63.7 Å². The van der Waals surface area contributed by atoms with Gasteiger partial charge in [0.1, 0.15) is 17.9 Å². The molecule has 0 saturated heterocycles. The summed E-state index contributed by atoms with van der Waals surface area (Å²) in [4.78, 5) is 55.1. The normalized spacial score (nSPS) is 9.97. The van der Waals surface area contributed by atoms with Crippen molar-refractivity contribution < 1.29 is 38.7 Å². The van der Waals surface area contributed by atoms with Crippen molar-refractivity contribution in [2.45, 2.75) is 19.3 Å². The molecule has 0 bridgehead atoms. The fourth-order valence-corrected chi connectivity index (χ4v) is 3.69. The Labute approximate surface area is 232 Å². The minimum absolute atomic E-state index is 0.0258. The number of ether oxygens (including phenoxy) is 2. The number of nitro groups is 1. The number of nitrogens with two attached hydrogens (primary N) is 2. The van der Waals surface area contributed by atoms with Crippen LogP contribution in [-0.2, 0) is 14.3 Å². The van der Waals surface area contributed by atoms with E-state index >= 15 is 0 Å². The van der Waals surface area contributed by atoms with Gasteiger partial charge >= 0.3 is 17.9 Å². The second kappa shape index (κ2) is 18.3. The minimum atomic E-state index is -0.937. The number of carboxylic acids is 1. The van der Waals surface area contributed by atoms with Gasteiger partial charge in [0.25, 0.3) is 5.91 Å². The second-order valence-corrected chi connectivity index (χ2v) is 10.2. The zero-order chi connectivity index (χ0) is 29.2. The number of aliphatic carboxylic acids is 1. The Kier molecular flexibility index (Phi) is 15.5. The predicted molar refractivity (Wildman–Crippen MR) is 149 cm³/mol. The zero-order valence-corrected chi connectivity index (χ0v) is 22.8. The van der Waals surface area contributed by atoms with Crippen LogP contribution in [0.4, 0.5) is 11.4 Å².